The van der Waals surface area contributed by atoms with Crippen LogP contribution in [0.4, 0.5) is 8.78 Å². The summed E-state index contributed by atoms with van der Waals surface area (Å²) in [6.07, 6.45) is 6.70. The van der Waals surface area contributed by atoms with E-state index < -0.39 is 17.7 Å². The second-order valence-electron chi connectivity index (χ2n) is 9.04. The Morgan fingerprint density at radius 2 is 1.84 bits per heavy atom. The highest BCUT2D eigenvalue weighted by molar-refractivity contribution is 7.22. The van der Waals surface area contributed by atoms with Crippen molar-refractivity contribution in [2.24, 2.45) is 7.05 Å². The van der Waals surface area contributed by atoms with Gasteiger partial charge in [0.2, 0.25) is 5.65 Å². The molecule has 7 aromatic rings. The van der Waals surface area contributed by atoms with Crippen LogP contribution in [0.1, 0.15) is 18.5 Å². The van der Waals surface area contributed by atoms with Gasteiger partial charge >= 0.3 is 0 Å². The number of pyridine rings is 1. The maximum Gasteiger partial charge on any atom is 0.221 e. The summed E-state index contributed by atoms with van der Waals surface area (Å²) in [5, 5.41) is 13.7. The molecule has 0 aliphatic rings. The molecule has 38 heavy (non-hydrogen) atoms. The first-order chi connectivity index (χ1) is 18.5. The van der Waals surface area contributed by atoms with Crippen LogP contribution in [-0.4, -0.2) is 39.7 Å². The van der Waals surface area contributed by atoms with Crippen LogP contribution in [-0.2, 0) is 7.05 Å². The Balaban J connectivity index is 1.34. The van der Waals surface area contributed by atoms with Gasteiger partial charge in [0.05, 0.1) is 28.8 Å². The van der Waals surface area contributed by atoms with E-state index in [0.717, 1.165) is 20.5 Å². The topological polar surface area (TPSA) is 87.2 Å². The minimum Gasteiger partial charge on any atom is -0.275 e. The van der Waals surface area contributed by atoms with Crippen molar-refractivity contribution in [2.45, 2.75) is 13.0 Å². The number of halogens is 2. The Morgan fingerprint density at radius 3 is 2.66 bits per heavy atom. The van der Waals surface area contributed by atoms with E-state index in [0.29, 0.717) is 22.6 Å². The van der Waals surface area contributed by atoms with Crippen LogP contribution >= 0.6 is 11.3 Å². The molecule has 11 heteroatoms. The summed E-state index contributed by atoms with van der Waals surface area (Å²) in [5.41, 5.74) is 2.81. The number of hydrogen-bond acceptors (Lipinski definition) is 7. The van der Waals surface area contributed by atoms with Crippen molar-refractivity contribution >= 4 is 43.6 Å². The molecule has 5 heterocycles. The van der Waals surface area contributed by atoms with Gasteiger partial charge < -0.3 is 0 Å². The summed E-state index contributed by atoms with van der Waals surface area (Å²) < 4.78 is 35.4. The van der Waals surface area contributed by atoms with Gasteiger partial charge in [-0.05, 0) is 30.5 Å². The Morgan fingerprint density at radius 1 is 0.974 bits per heavy atom. The van der Waals surface area contributed by atoms with E-state index in [9.17, 15) is 0 Å². The third-order valence-corrected chi connectivity index (χ3v) is 7.74. The van der Waals surface area contributed by atoms with Crippen LogP contribution in [0.3, 0.4) is 0 Å². The number of aryl methyl sites for hydroxylation is 1. The molecule has 1 atom stereocenters. The fourth-order valence-electron chi connectivity index (χ4n) is 4.67. The summed E-state index contributed by atoms with van der Waals surface area (Å²) in [7, 11) is 1.80. The fourth-order valence-corrected chi connectivity index (χ4v) is 5.68. The average molecular weight is 525 g/mol. The number of nitrogens with zero attached hydrogens (tertiary/aromatic N) is 8. The number of benzene rings is 2. The van der Waals surface area contributed by atoms with Crippen molar-refractivity contribution in [1.82, 2.24) is 39.7 Å². The van der Waals surface area contributed by atoms with Crippen molar-refractivity contribution in [3.05, 3.63) is 84.4 Å². The molecule has 0 saturated heterocycles. The highest BCUT2D eigenvalue weighted by atomic mass is 32.1. The van der Waals surface area contributed by atoms with Gasteiger partial charge in [0.1, 0.15) is 17.3 Å². The lowest BCUT2D eigenvalue weighted by atomic mass is 10.0. The van der Waals surface area contributed by atoms with Crippen LogP contribution < -0.4 is 0 Å². The van der Waals surface area contributed by atoms with Crippen molar-refractivity contribution in [3.63, 3.8) is 0 Å². The van der Waals surface area contributed by atoms with Gasteiger partial charge in [-0.15, -0.1) is 16.4 Å². The molecule has 0 spiro atoms. The molecule has 5 aromatic heterocycles. The molecule has 186 valence electrons. The van der Waals surface area contributed by atoms with E-state index >= 15 is 8.78 Å². The van der Waals surface area contributed by atoms with E-state index in [-0.39, 0.29) is 16.5 Å². The van der Waals surface area contributed by atoms with E-state index in [1.165, 1.54) is 10.7 Å². The molecule has 0 amide bonds. The van der Waals surface area contributed by atoms with Crippen molar-refractivity contribution in [3.8, 4) is 21.7 Å². The molecule has 0 aliphatic carbocycles. The smallest absolute Gasteiger partial charge is 0.221 e. The monoisotopic (exact) mass is 524 g/mol. The molecule has 0 N–H and O–H groups in total. The molecule has 8 nitrogen and oxygen atoms in total. The summed E-state index contributed by atoms with van der Waals surface area (Å²) in [6, 6.07) is 12.1. The summed E-state index contributed by atoms with van der Waals surface area (Å²) in [5.74, 6) is -1.43. The Hall–Kier alpha value is -4.64. The lowest BCUT2D eigenvalue weighted by molar-refractivity contribution is 0.484. The van der Waals surface area contributed by atoms with Gasteiger partial charge in [-0.25, -0.2) is 23.4 Å². The van der Waals surface area contributed by atoms with E-state index in [1.807, 2.05) is 36.5 Å². The van der Waals surface area contributed by atoms with Crippen LogP contribution in [0, 0.1) is 11.6 Å². The molecular formula is C27H18F2N8S. The highest BCUT2D eigenvalue weighted by Gasteiger charge is 2.25. The lowest BCUT2D eigenvalue weighted by Crippen LogP contribution is -2.14. The first kappa shape index (κ1) is 22.5. The van der Waals surface area contributed by atoms with Crippen molar-refractivity contribution in [1.29, 1.82) is 0 Å². The van der Waals surface area contributed by atoms with Crippen LogP contribution in [0.5, 0.6) is 0 Å². The minimum absolute atomic E-state index is 0.150. The quantitative estimate of drug-likeness (QED) is 0.283. The minimum atomic E-state index is -0.849. The molecule has 0 bridgehead atoms. The highest BCUT2D eigenvalue weighted by Crippen LogP contribution is 2.34. The fraction of sp³-hybridized carbons (Fsp3) is 0.111. The second-order valence-corrected chi connectivity index (χ2v) is 10.1. The molecule has 7 rings (SSSR count). The zero-order valence-corrected chi connectivity index (χ0v) is 21.0. The van der Waals surface area contributed by atoms with Crippen LogP contribution in [0.25, 0.3) is 54.0 Å². The van der Waals surface area contributed by atoms with E-state index in [4.69, 9.17) is 4.98 Å². The SMILES string of the molecule is CC(c1c(F)cc2ncc(-c3cnn(C)c3)cc2c1F)n1nnc2ncc(-c3cc4ccccc4s3)nc21. The average Bonchev–Trinajstić information content (AvgIpc) is 3.66. The number of fused-ring (bicyclic) bond motifs is 3. The van der Waals surface area contributed by atoms with Gasteiger partial charge in [-0.3, -0.25) is 9.67 Å². The normalized spacial score (nSPS) is 12.6. The van der Waals surface area contributed by atoms with Gasteiger partial charge in [-0.2, -0.15) is 5.10 Å². The molecule has 0 radical (unpaired) electrons. The maximum atomic E-state index is 15.9. The molecular weight excluding hydrogens is 506 g/mol. The van der Waals surface area contributed by atoms with Gasteiger partial charge in [-0.1, -0.05) is 23.4 Å². The zero-order valence-electron chi connectivity index (χ0n) is 20.2. The van der Waals surface area contributed by atoms with Gasteiger partial charge in [0.25, 0.3) is 0 Å². The predicted molar refractivity (Wildman–Crippen MR) is 142 cm³/mol. The summed E-state index contributed by atoms with van der Waals surface area (Å²) >= 11 is 1.59. The van der Waals surface area contributed by atoms with E-state index in [1.54, 1.807) is 54.6 Å². The molecule has 1 unspecified atom stereocenters. The van der Waals surface area contributed by atoms with Crippen molar-refractivity contribution in [2.75, 3.05) is 0 Å². The Bertz CT molecular complexity index is 1970. The van der Waals surface area contributed by atoms with Gasteiger partial charge in [0.15, 0.2) is 5.65 Å². The molecule has 2 aromatic carbocycles. The Labute approximate surface area is 218 Å². The molecule has 0 saturated carbocycles. The predicted octanol–water partition coefficient (Wildman–Crippen LogP) is 5.94. The van der Waals surface area contributed by atoms with E-state index in [2.05, 4.69) is 25.4 Å². The Kier molecular flexibility index (Phi) is 5.02. The lowest BCUT2D eigenvalue weighted by Gasteiger charge is -2.16. The number of rotatable bonds is 4. The second kappa shape index (κ2) is 8.45. The number of thiophene rings is 1. The zero-order chi connectivity index (χ0) is 26.0. The molecule has 0 aliphatic heterocycles. The number of hydrogen-bond donors (Lipinski definition) is 0. The number of aromatic nitrogens is 8. The first-order valence-corrected chi connectivity index (χ1v) is 12.6. The maximum absolute atomic E-state index is 15.9. The van der Waals surface area contributed by atoms with Gasteiger partial charge in [0, 0.05) is 52.3 Å². The third-order valence-electron chi connectivity index (χ3n) is 6.60. The summed E-state index contributed by atoms with van der Waals surface area (Å²) in [4.78, 5) is 14.4. The molecule has 0 fully saturated rings. The first-order valence-electron chi connectivity index (χ1n) is 11.8. The largest absolute Gasteiger partial charge is 0.275 e. The standard InChI is InChI=1S/C27H18F2N8S/c1-14(24-19(28)9-20-18(25(24)29)7-16(10-30-20)17-11-32-36(2)13-17)37-27-26(34-35-37)31-12-21(33-27)23-8-15-5-3-4-6-22(15)38-23/h3-14H,1-2H3. The van der Waals surface area contributed by atoms with Crippen LogP contribution in [0.15, 0.2) is 67.3 Å². The third kappa shape index (κ3) is 3.54. The van der Waals surface area contributed by atoms with Crippen LogP contribution in [0.2, 0.25) is 0 Å². The summed E-state index contributed by atoms with van der Waals surface area (Å²) in [6.45, 7) is 1.66. The van der Waals surface area contributed by atoms with Crippen molar-refractivity contribution < 1.29 is 8.78 Å².